The standard InChI is InChI=1S/C10H9BrN2O2/c1-2-3-13-10(14)7-15-9-4-8(11)5-12-6-9/h1,4-6H,3,7H2,(H,13,14). The molecule has 1 aromatic heterocycles. The fourth-order valence-corrected chi connectivity index (χ4v) is 1.16. The second-order valence-electron chi connectivity index (χ2n) is 2.61. The van der Waals surface area contributed by atoms with E-state index >= 15 is 0 Å². The molecule has 1 rings (SSSR count). The summed E-state index contributed by atoms with van der Waals surface area (Å²) >= 11 is 3.24. The van der Waals surface area contributed by atoms with Gasteiger partial charge < -0.3 is 10.1 Å². The van der Waals surface area contributed by atoms with Gasteiger partial charge in [-0.15, -0.1) is 6.42 Å². The number of ether oxygens (including phenoxy) is 1. The van der Waals surface area contributed by atoms with Crippen molar-refractivity contribution in [3.63, 3.8) is 0 Å². The summed E-state index contributed by atoms with van der Waals surface area (Å²) in [7, 11) is 0. The van der Waals surface area contributed by atoms with E-state index in [2.05, 4.69) is 32.2 Å². The number of nitrogens with zero attached hydrogens (tertiary/aromatic N) is 1. The Balaban J connectivity index is 2.37. The third-order valence-electron chi connectivity index (χ3n) is 1.44. The molecule has 1 heterocycles. The lowest BCUT2D eigenvalue weighted by Crippen LogP contribution is -2.29. The van der Waals surface area contributed by atoms with Crippen LogP contribution in [0.15, 0.2) is 22.9 Å². The first-order valence-electron chi connectivity index (χ1n) is 4.16. The Kier molecular flexibility index (Phi) is 4.64. The minimum atomic E-state index is -0.257. The molecule has 0 aliphatic carbocycles. The van der Waals surface area contributed by atoms with Gasteiger partial charge in [0.05, 0.1) is 12.7 Å². The van der Waals surface area contributed by atoms with Crippen LogP contribution in [0, 0.1) is 12.3 Å². The van der Waals surface area contributed by atoms with Crippen molar-refractivity contribution in [2.75, 3.05) is 13.2 Å². The van der Waals surface area contributed by atoms with Crippen LogP contribution in [0.3, 0.4) is 0 Å². The van der Waals surface area contributed by atoms with Crippen LogP contribution in [0.25, 0.3) is 0 Å². The van der Waals surface area contributed by atoms with Crippen LogP contribution < -0.4 is 10.1 Å². The van der Waals surface area contributed by atoms with E-state index in [1.165, 1.54) is 6.20 Å². The maximum atomic E-state index is 11.1. The molecule has 0 saturated carbocycles. The zero-order chi connectivity index (χ0) is 11.1. The molecular formula is C10H9BrN2O2. The fraction of sp³-hybridized carbons (Fsp3) is 0.200. The molecule has 15 heavy (non-hydrogen) atoms. The third-order valence-corrected chi connectivity index (χ3v) is 1.87. The summed E-state index contributed by atoms with van der Waals surface area (Å²) in [6.45, 7) is 0.138. The number of pyridine rings is 1. The Morgan fingerprint density at radius 3 is 3.13 bits per heavy atom. The Morgan fingerprint density at radius 1 is 1.67 bits per heavy atom. The summed E-state index contributed by atoms with van der Waals surface area (Å²) in [5.41, 5.74) is 0. The van der Waals surface area contributed by atoms with E-state index in [0.29, 0.717) is 5.75 Å². The molecule has 5 heteroatoms. The predicted octanol–water partition coefficient (Wildman–Crippen LogP) is 0.972. The number of aromatic nitrogens is 1. The Hall–Kier alpha value is -1.54. The number of hydrogen-bond acceptors (Lipinski definition) is 3. The lowest BCUT2D eigenvalue weighted by Gasteiger charge is -2.05. The minimum Gasteiger partial charge on any atom is -0.482 e. The molecule has 4 nitrogen and oxygen atoms in total. The van der Waals surface area contributed by atoms with Gasteiger partial charge in [0.1, 0.15) is 5.75 Å². The monoisotopic (exact) mass is 268 g/mol. The van der Waals surface area contributed by atoms with Crippen molar-refractivity contribution in [2.45, 2.75) is 0 Å². The molecule has 0 bridgehead atoms. The quantitative estimate of drug-likeness (QED) is 0.829. The van der Waals surface area contributed by atoms with Crippen molar-refractivity contribution in [2.24, 2.45) is 0 Å². The van der Waals surface area contributed by atoms with Crippen LogP contribution in [-0.2, 0) is 4.79 Å². The van der Waals surface area contributed by atoms with Crippen LogP contribution in [0.1, 0.15) is 0 Å². The first-order valence-corrected chi connectivity index (χ1v) is 4.95. The molecule has 0 radical (unpaired) electrons. The summed E-state index contributed by atoms with van der Waals surface area (Å²) in [6, 6.07) is 1.72. The molecule has 0 aliphatic heterocycles. The van der Waals surface area contributed by atoms with Crippen molar-refractivity contribution >= 4 is 21.8 Å². The molecule has 0 unspecified atom stereocenters. The van der Waals surface area contributed by atoms with Crippen LogP contribution in [0.4, 0.5) is 0 Å². The average molecular weight is 269 g/mol. The fourth-order valence-electron chi connectivity index (χ4n) is 0.821. The van der Waals surface area contributed by atoms with Gasteiger partial charge >= 0.3 is 0 Å². The van der Waals surface area contributed by atoms with E-state index in [-0.39, 0.29) is 19.1 Å². The highest BCUT2D eigenvalue weighted by atomic mass is 79.9. The van der Waals surface area contributed by atoms with Crippen molar-refractivity contribution in [1.82, 2.24) is 10.3 Å². The maximum absolute atomic E-state index is 11.1. The molecule has 1 aromatic rings. The highest BCUT2D eigenvalue weighted by molar-refractivity contribution is 9.10. The zero-order valence-corrected chi connectivity index (χ0v) is 9.45. The van der Waals surface area contributed by atoms with Crippen LogP contribution in [0.5, 0.6) is 5.75 Å². The van der Waals surface area contributed by atoms with Crippen molar-refractivity contribution in [1.29, 1.82) is 0 Å². The number of rotatable bonds is 4. The van der Waals surface area contributed by atoms with Gasteiger partial charge in [-0.25, -0.2) is 0 Å². The van der Waals surface area contributed by atoms with Crippen LogP contribution in [0.2, 0.25) is 0 Å². The van der Waals surface area contributed by atoms with Gasteiger partial charge in [-0.05, 0) is 22.0 Å². The second-order valence-corrected chi connectivity index (χ2v) is 3.52. The summed E-state index contributed by atoms with van der Waals surface area (Å²) < 4.78 is 5.97. The van der Waals surface area contributed by atoms with Crippen LogP contribution >= 0.6 is 15.9 Å². The van der Waals surface area contributed by atoms with Gasteiger partial charge in [-0.2, -0.15) is 0 Å². The highest BCUT2D eigenvalue weighted by Gasteiger charge is 2.01. The maximum Gasteiger partial charge on any atom is 0.258 e. The first-order chi connectivity index (χ1) is 7.22. The van der Waals surface area contributed by atoms with Gasteiger partial charge in [0.25, 0.3) is 5.91 Å². The molecular weight excluding hydrogens is 260 g/mol. The molecule has 0 aromatic carbocycles. The first kappa shape index (κ1) is 11.5. The number of amides is 1. The molecule has 1 N–H and O–H groups in total. The molecule has 0 fully saturated rings. The number of terminal acetylenes is 1. The van der Waals surface area contributed by atoms with E-state index in [9.17, 15) is 4.79 Å². The molecule has 1 amide bonds. The second kappa shape index (κ2) is 6.04. The highest BCUT2D eigenvalue weighted by Crippen LogP contribution is 2.15. The Morgan fingerprint density at radius 2 is 2.47 bits per heavy atom. The normalized spacial score (nSPS) is 9.07. The minimum absolute atomic E-state index is 0.0696. The number of hydrogen-bond donors (Lipinski definition) is 1. The number of carbonyl (C=O) groups excluding carboxylic acids is 1. The molecule has 0 atom stereocenters. The third kappa shape index (κ3) is 4.47. The van der Waals surface area contributed by atoms with E-state index < -0.39 is 0 Å². The lowest BCUT2D eigenvalue weighted by molar-refractivity contribution is -0.122. The lowest BCUT2D eigenvalue weighted by atomic mass is 10.4. The van der Waals surface area contributed by atoms with E-state index in [1.807, 2.05) is 0 Å². The van der Waals surface area contributed by atoms with Gasteiger partial charge in [0, 0.05) is 10.7 Å². The van der Waals surface area contributed by atoms with Crippen LogP contribution in [-0.4, -0.2) is 24.0 Å². The van der Waals surface area contributed by atoms with E-state index in [4.69, 9.17) is 11.2 Å². The largest absolute Gasteiger partial charge is 0.482 e. The van der Waals surface area contributed by atoms with Crippen molar-refractivity contribution in [3.8, 4) is 18.1 Å². The number of carbonyl (C=O) groups is 1. The van der Waals surface area contributed by atoms with Crippen molar-refractivity contribution in [3.05, 3.63) is 22.9 Å². The number of halogens is 1. The Labute approximate surface area is 96.2 Å². The van der Waals surface area contributed by atoms with E-state index in [1.54, 1.807) is 12.3 Å². The van der Waals surface area contributed by atoms with Crippen molar-refractivity contribution < 1.29 is 9.53 Å². The summed E-state index contributed by atoms with van der Waals surface area (Å²) in [6.07, 6.45) is 8.14. The SMILES string of the molecule is C#CCNC(=O)COc1cncc(Br)c1. The average Bonchev–Trinajstić information content (AvgIpc) is 2.23. The molecule has 0 spiro atoms. The smallest absolute Gasteiger partial charge is 0.258 e. The number of nitrogens with one attached hydrogen (secondary N) is 1. The zero-order valence-electron chi connectivity index (χ0n) is 7.87. The summed E-state index contributed by atoms with van der Waals surface area (Å²) in [5, 5.41) is 2.49. The topological polar surface area (TPSA) is 51.2 Å². The van der Waals surface area contributed by atoms with E-state index in [0.717, 1.165) is 4.47 Å². The predicted molar refractivity (Wildman–Crippen MR) is 59.3 cm³/mol. The van der Waals surface area contributed by atoms with Gasteiger partial charge in [0.15, 0.2) is 6.61 Å². The summed E-state index contributed by atoms with van der Waals surface area (Å²) in [4.78, 5) is 15.0. The summed E-state index contributed by atoms with van der Waals surface area (Å²) in [5.74, 6) is 2.57. The molecule has 0 aliphatic rings. The van der Waals surface area contributed by atoms with Gasteiger partial charge in [-0.3, -0.25) is 9.78 Å². The Bertz CT molecular complexity index is 387. The molecule has 0 saturated heterocycles. The van der Waals surface area contributed by atoms with Gasteiger partial charge in [0.2, 0.25) is 0 Å². The molecule has 78 valence electrons. The van der Waals surface area contributed by atoms with Gasteiger partial charge in [-0.1, -0.05) is 5.92 Å².